The van der Waals surface area contributed by atoms with Crippen molar-refractivity contribution < 1.29 is 18.7 Å². The highest BCUT2D eigenvalue weighted by molar-refractivity contribution is 5.92. The van der Waals surface area contributed by atoms with E-state index in [0.29, 0.717) is 34.4 Å². The number of fused-ring (bicyclic) bond motifs is 2. The van der Waals surface area contributed by atoms with Gasteiger partial charge in [-0.05, 0) is 36.8 Å². The monoisotopic (exact) mass is 585 g/mol. The molecule has 0 aliphatic heterocycles. The topological polar surface area (TPSA) is 118 Å². The van der Waals surface area contributed by atoms with Crippen LogP contribution in [0.2, 0.25) is 0 Å². The molecule has 3 N–H and O–H groups in total. The van der Waals surface area contributed by atoms with E-state index < -0.39 is 17.4 Å². The summed E-state index contributed by atoms with van der Waals surface area (Å²) in [6.45, 7) is 5.66. The van der Waals surface area contributed by atoms with Gasteiger partial charge in [-0.25, -0.2) is 23.7 Å². The molecule has 0 saturated carbocycles. The van der Waals surface area contributed by atoms with E-state index in [0.717, 1.165) is 48.0 Å². The van der Waals surface area contributed by atoms with Crippen LogP contribution in [0.5, 0.6) is 5.75 Å². The molecule has 0 fully saturated rings. The Morgan fingerprint density at radius 2 is 1.84 bits per heavy atom. The Bertz CT molecular complexity index is 1830. The van der Waals surface area contributed by atoms with Crippen LogP contribution in [0.3, 0.4) is 0 Å². The Hall–Kier alpha value is -4.93. The number of benzene rings is 2. The molecule has 6 rings (SSSR count). The number of carbonyl (C=O) groups excluding carboxylic acids is 1. The second-order valence-electron chi connectivity index (χ2n) is 11.3. The molecule has 1 amide bonds. The van der Waals surface area contributed by atoms with Gasteiger partial charge < -0.3 is 15.7 Å². The third-order valence-electron chi connectivity index (χ3n) is 7.42. The van der Waals surface area contributed by atoms with Gasteiger partial charge in [-0.15, -0.1) is 0 Å². The average Bonchev–Trinajstić information content (AvgIpc) is 3.29. The van der Waals surface area contributed by atoms with Crippen molar-refractivity contribution in [2.75, 3.05) is 10.6 Å². The molecule has 3 heterocycles. The molecule has 11 heteroatoms. The largest absolute Gasteiger partial charge is 0.508 e. The van der Waals surface area contributed by atoms with Gasteiger partial charge in [0, 0.05) is 59.2 Å². The molecule has 0 unspecified atom stereocenters. The first-order valence-electron chi connectivity index (χ1n) is 13.6. The predicted octanol–water partition coefficient (Wildman–Crippen LogP) is 6.77. The van der Waals surface area contributed by atoms with Crippen molar-refractivity contribution in [3.63, 3.8) is 0 Å². The van der Waals surface area contributed by atoms with Gasteiger partial charge in [-0.3, -0.25) is 9.48 Å². The maximum absolute atomic E-state index is 14.6. The number of aromatic nitrogens is 5. The highest BCUT2D eigenvalue weighted by atomic mass is 19.1. The van der Waals surface area contributed by atoms with Crippen LogP contribution in [-0.4, -0.2) is 35.7 Å². The summed E-state index contributed by atoms with van der Waals surface area (Å²) in [4.78, 5) is 25.7. The zero-order chi connectivity index (χ0) is 29.6. The van der Waals surface area contributed by atoms with Crippen molar-refractivity contribution in [3.8, 4) is 17.3 Å². The summed E-state index contributed by atoms with van der Waals surface area (Å²) in [7, 11) is 0. The normalized spacial score (nSPS) is 13.7. The fourth-order valence-corrected chi connectivity index (χ4v) is 5.35. The number of halogens is 2. The fraction of sp³-hybridized carbons (Fsp3) is 0.281. The molecule has 0 radical (unpaired) electrons. The lowest BCUT2D eigenvalue weighted by Crippen LogP contribution is -2.25. The molecular weight excluding hydrogens is 552 g/mol. The fourth-order valence-electron chi connectivity index (χ4n) is 5.35. The lowest BCUT2D eigenvalue weighted by atomic mass is 9.76. The lowest BCUT2D eigenvalue weighted by molar-refractivity contribution is -0.114. The van der Waals surface area contributed by atoms with E-state index in [2.05, 4.69) is 29.5 Å². The molecule has 0 atom stereocenters. The zero-order valence-electron chi connectivity index (χ0n) is 23.4. The highest BCUT2D eigenvalue weighted by Crippen LogP contribution is 2.39. The molecular formula is C32H33F2N7O2. The quantitative estimate of drug-likeness (QED) is 0.201. The van der Waals surface area contributed by atoms with E-state index in [4.69, 9.17) is 15.1 Å². The van der Waals surface area contributed by atoms with Gasteiger partial charge >= 0.3 is 0 Å². The van der Waals surface area contributed by atoms with Crippen LogP contribution in [0.1, 0.15) is 51.4 Å². The summed E-state index contributed by atoms with van der Waals surface area (Å²) in [6.07, 6.45) is 4.07. The Kier molecular flexibility index (Phi) is 7.83. The van der Waals surface area contributed by atoms with Crippen LogP contribution < -0.4 is 10.6 Å². The number of phenols is 1. The molecule has 9 nitrogen and oxygen atoms in total. The number of anilines is 3. The number of aryl methyl sites for hydroxylation is 1. The van der Waals surface area contributed by atoms with E-state index >= 15 is 0 Å². The highest BCUT2D eigenvalue weighted by Gasteiger charge is 2.30. The second-order valence-corrected chi connectivity index (χ2v) is 11.3. The van der Waals surface area contributed by atoms with Crippen LogP contribution in [-0.2, 0) is 24.2 Å². The molecule has 0 saturated heterocycles. The van der Waals surface area contributed by atoms with Crippen molar-refractivity contribution in [3.05, 3.63) is 83.2 Å². The van der Waals surface area contributed by atoms with Gasteiger partial charge in [-0.1, -0.05) is 39.5 Å². The number of amides is 1. The molecule has 0 bridgehead atoms. The van der Waals surface area contributed by atoms with Gasteiger partial charge in [0.15, 0.2) is 5.82 Å². The Labute approximate surface area is 248 Å². The summed E-state index contributed by atoms with van der Waals surface area (Å²) in [5.41, 5.74) is 3.59. The first-order valence-corrected chi connectivity index (χ1v) is 13.6. The summed E-state index contributed by atoms with van der Waals surface area (Å²) < 4.78 is 30.8. The number of phenolic OH excluding ortho intramolecular Hbond substituents is 1. The number of para-hydroxylation sites is 1. The summed E-state index contributed by atoms with van der Waals surface area (Å²) in [6, 6.07) is 12.7. The number of hydrogen-bond donors (Lipinski definition) is 3. The third kappa shape index (κ3) is 6.01. The SMILES string of the molecule is C.CC(=O)Nc1cc(Nc2nc(-c3nn(Cc4c(F)cc(O)cc4F)c4ccccc34)nc3c2CC(C)(C)CC3)ccn1. The van der Waals surface area contributed by atoms with Crippen LogP contribution in [0.4, 0.5) is 26.1 Å². The minimum atomic E-state index is -0.858. The molecule has 0 spiro atoms. The molecule has 222 valence electrons. The standard InChI is InChI=1S/C31H29F2N7O2.CH4/c1-17(41)35-27-12-18(9-11-34-27)36-29-21-15-31(2,3)10-8-25(21)37-30(38-29)28-20-6-4-5-7-26(20)40(39-28)16-22-23(32)13-19(42)14-24(22)33;/h4-7,9,11-14,42H,8,10,15-16H2,1-3H3,(H2,34,35,36,37,38,41);1H4. The van der Waals surface area contributed by atoms with E-state index in [-0.39, 0.29) is 30.9 Å². The Morgan fingerprint density at radius 1 is 1.09 bits per heavy atom. The number of nitrogens with zero attached hydrogens (tertiary/aromatic N) is 5. The summed E-state index contributed by atoms with van der Waals surface area (Å²) in [5.74, 6) is -1.01. The molecule has 5 aromatic rings. The smallest absolute Gasteiger partial charge is 0.222 e. The first-order chi connectivity index (χ1) is 20.1. The van der Waals surface area contributed by atoms with Crippen molar-refractivity contribution >= 4 is 34.1 Å². The van der Waals surface area contributed by atoms with Gasteiger partial charge in [0.25, 0.3) is 0 Å². The number of carbonyl (C=O) groups is 1. The molecule has 2 aromatic carbocycles. The van der Waals surface area contributed by atoms with Crippen molar-refractivity contribution in [2.24, 2.45) is 5.41 Å². The second kappa shape index (κ2) is 11.4. The van der Waals surface area contributed by atoms with Crippen LogP contribution in [0.25, 0.3) is 22.4 Å². The van der Waals surface area contributed by atoms with E-state index in [1.165, 1.54) is 11.6 Å². The Morgan fingerprint density at radius 3 is 2.58 bits per heavy atom. The average molecular weight is 586 g/mol. The van der Waals surface area contributed by atoms with Crippen LogP contribution in [0.15, 0.2) is 54.7 Å². The van der Waals surface area contributed by atoms with Crippen molar-refractivity contribution in [2.45, 2.75) is 54.0 Å². The van der Waals surface area contributed by atoms with E-state index in [9.17, 15) is 18.7 Å². The molecule has 3 aromatic heterocycles. The minimum Gasteiger partial charge on any atom is -0.508 e. The third-order valence-corrected chi connectivity index (χ3v) is 7.42. The molecule has 43 heavy (non-hydrogen) atoms. The zero-order valence-corrected chi connectivity index (χ0v) is 23.4. The van der Waals surface area contributed by atoms with Crippen LogP contribution in [0, 0.1) is 17.0 Å². The van der Waals surface area contributed by atoms with E-state index in [1.54, 1.807) is 18.3 Å². The van der Waals surface area contributed by atoms with Crippen LogP contribution >= 0.6 is 0 Å². The number of aromatic hydroxyl groups is 1. The molecule has 1 aliphatic carbocycles. The minimum absolute atomic E-state index is 0. The number of rotatable bonds is 6. The lowest BCUT2D eigenvalue weighted by Gasteiger charge is -2.32. The summed E-state index contributed by atoms with van der Waals surface area (Å²) in [5, 5.41) is 21.2. The van der Waals surface area contributed by atoms with E-state index in [1.807, 2.05) is 24.3 Å². The number of pyridine rings is 1. The summed E-state index contributed by atoms with van der Waals surface area (Å²) >= 11 is 0. The van der Waals surface area contributed by atoms with Gasteiger partial charge in [0.1, 0.15) is 34.7 Å². The van der Waals surface area contributed by atoms with Crippen molar-refractivity contribution in [1.82, 2.24) is 24.7 Å². The Balaban J connectivity index is 0.00000368. The number of hydrogen-bond acceptors (Lipinski definition) is 7. The van der Waals surface area contributed by atoms with Gasteiger partial charge in [0.05, 0.1) is 12.1 Å². The first kappa shape index (κ1) is 29.6. The maximum atomic E-state index is 14.6. The molecule has 1 aliphatic rings. The predicted molar refractivity (Wildman–Crippen MR) is 162 cm³/mol. The van der Waals surface area contributed by atoms with Crippen molar-refractivity contribution in [1.29, 1.82) is 0 Å². The number of nitrogens with one attached hydrogen (secondary N) is 2. The van der Waals surface area contributed by atoms with Gasteiger partial charge in [-0.2, -0.15) is 5.10 Å². The van der Waals surface area contributed by atoms with Gasteiger partial charge in [0.2, 0.25) is 5.91 Å². The maximum Gasteiger partial charge on any atom is 0.222 e.